The number of aliphatic carboxylic acids is 1. The average Bonchev–Trinajstić information content (AvgIpc) is 3.11. The van der Waals surface area contributed by atoms with Crippen LogP contribution in [0.2, 0.25) is 0 Å². The van der Waals surface area contributed by atoms with Crippen molar-refractivity contribution in [3.05, 3.63) is 48.0 Å². The third-order valence-electron chi connectivity index (χ3n) is 4.94. The lowest BCUT2D eigenvalue weighted by molar-refractivity contribution is -0.137. The molecule has 2 aromatic carbocycles. The van der Waals surface area contributed by atoms with E-state index in [9.17, 15) is 13.2 Å². The first-order chi connectivity index (χ1) is 14.8. The van der Waals surface area contributed by atoms with E-state index in [1.165, 1.54) is 0 Å². The maximum atomic E-state index is 12.9. The van der Waals surface area contributed by atoms with Crippen LogP contribution in [0.3, 0.4) is 0 Å². The van der Waals surface area contributed by atoms with E-state index >= 15 is 0 Å². The Morgan fingerprint density at radius 1 is 1.10 bits per heavy atom. The zero-order valence-corrected chi connectivity index (χ0v) is 18.7. The average molecular weight is 445 g/mol. The number of aromatic nitrogens is 2. The molecule has 0 fully saturated rings. The quantitative estimate of drug-likeness (QED) is 0.436. The van der Waals surface area contributed by atoms with Crippen LogP contribution in [0.25, 0.3) is 16.7 Å². The van der Waals surface area contributed by atoms with Crippen molar-refractivity contribution in [3.8, 4) is 11.4 Å². The molecule has 0 unspecified atom stereocenters. The Balaban J connectivity index is 1.92. The monoisotopic (exact) mass is 444 g/mol. The smallest absolute Gasteiger partial charge is 0.303 e. The van der Waals surface area contributed by atoms with Gasteiger partial charge in [0.25, 0.3) is 0 Å². The van der Waals surface area contributed by atoms with Gasteiger partial charge in [-0.2, -0.15) is 0 Å². The number of sulfone groups is 1. The second-order valence-electron chi connectivity index (χ2n) is 7.59. The number of fused-ring (bicyclic) bond motifs is 1. The number of aryl methyl sites for hydroxylation is 1. The molecule has 3 aromatic rings. The molecule has 0 saturated heterocycles. The van der Waals surface area contributed by atoms with Gasteiger partial charge in [0.1, 0.15) is 5.75 Å². The first kappa shape index (κ1) is 22.8. The van der Waals surface area contributed by atoms with Gasteiger partial charge in [0, 0.05) is 18.2 Å². The fraction of sp³-hybridized carbons (Fsp3) is 0.391. The van der Waals surface area contributed by atoms with Crippen LogP contribution in [0.1, 0.15) is 44.6 Å². The summed E-state index contributed by atoms with van der Waals surface area (Å²) in [5.74, 6) is -0.134. The van der Waals surface area contributed by atoms with Crippen LogP contribution in [0, 0.1) is 6.92 Å². The van der Waals surface area contributed by atoms with Crippen molar-refractivity contribution in [3.63, 3.8) is 0 Å². The van der Waals surface area contributed by atoms with Gasteiger partial charge >= 0.3 is 5.97 Å². The largest absolute Gasteiger partial charge is 0.494 e. The molecular weight excluding hydrogens is 416 g/mol. The van der Waals surface area contributed by atoms with Crippen molar-refractivity contribution >= 4 is 26.8 Å². The van der Waals surface area contributed by atoms with Crippen LogP contribution >= 0.6 is 0 Å². The van der Waals surface area contributed by atoms with E-state index in [0.717, 1.165) is 24.1 Å². The number of imidazole rings is 1. The van der Waals surface area contributed by atoms with Gasteiger partial charge in [-0.1, -0.05) is 24.6 Å². The van der Waals surface area contributed by atoms with E-state index in [-0.39, 0.29) is 17.3 Å². The first-order valence-electron chi connectivity index (χ1n) is 10.5. The molecule has 0 bridgehead atoms. The zero-order valence-electron chi connectivity index (χ0n) is 17.9. The topological polar surface area (TPSA) is 98.5 Å². The molecule has 1 heterocycles. The highest BCUT2D eigenvalue weighted by molar-refractivity contribution is 7.91. The molecule has 1 N–H and O–H groups in total. The molecule has 7 nitrogen and oxygen atoms in total. The third kappa shape index (κ3) is 5.64. The number of unbranched alkanes of at least 4 members (excludes halogenated alkanes) is 2. The van der Waals surface area contributed by atoms with E-state index < -0.39 is 15.8 Å². The van der Waals surface area contributed by atoms with E-state index in [2.05, 4.69) is 4.98 Å². The Kier molecular flexibility index (Phi) is 7.33. The van der Waals surface area contributed by atoms with Gasteiger partial charge in [-0.15, -0.1) is 0 Å². The van der Waals surface area contributed by atoms with Crippen molar-refractivity contribution < 1.29 is 23.1 Å². The second kappa shape index (κ2) is 9.96. The van der Waals surface area contributed by atoms with E-state index in [1.807, 2.05) is 44.2 Å². The summed E-state index contributed by atoms with van der Waals surface area (Å²) < 4.78 is 33.3. The Hall–Kier alpha value is -2.87. The van der Waals surface area contributed by atoms with Crippen LogP contribution in [0.5, 0.6) is 5.75 Å². The van der Waals surface area contributed by atoms with Crippen LogP contribution in [-0.2, 0) is 14.6 Å². The standard InChI is InChI=1S/C23H28N2O5S/c1-3-15-31(28,29)23-24-20-13-12-19(30-14-6-4-5-7-22(26)27)16-21(20)25(23)18-10-8-17(2)9-11-18/h8-13,16H,3-7,14-15H2,1-2H3,(H,26,27). The second-order valence-corrected chi connectivity index (χ2v) is 9.59. The number of hydrogen-bond acceptors (Lipinski definition) is 5. The molecule has 8 heteroatoms. The zero-order chi connectivity index (χ0) is 22.4. The minimum absolute atomic E-state index is 0.0296. The minimum Gasteiger partial charge on any atom is -0.494 e. The molecule has 0 atom stereocenters. The highest BCUT2D eigenvalue weighted by Crippen LogP contribution is 2.28. The van der Waals surface area contributed by atoms with Gasteiger partial charge in [-0.25, -0.2) is 13.4 Å². The normalized spacial score (nSPS) is 11.7. The lowest BCUT2D eigenvalue weighted by Crippen LogP contribution is -2.13. The Morgan fingerprint density at radius 2 is 1.84 bits per heavy atom. The predicted octanol–water partition coefficient (Wildman–Crippen LogP) is 4.54. The number of carbonyl (C=O) groups is 1. The summed E-state index contributed by atoms with van der Waals surface area (Å²) >= 11 is 0. The highest BCUT2D eigenvalue weighted by atomic mass is 32.2. The number of ether oxygens (including phenoxy) is 1. The molecule has 0 aliphatic carbocycles. The van der Waals surface area contributed by atoms with Crippen LogP contribution in [0.4, 0.5) is 0 Å². The van der Waals surface area contributed by atoms with Crippen LogP contribution < -0.4 is 4.74 Å². The van der Waals surface area contributed by atoms with Gasteiger partial charge in [0.2, 0.25) is 15.0 Å². The van der Waals surface area contributed by atoms with Crippen molar-refractivity contribution in [2.45, 2.75) is 51.1 Å². The number of hydrogen-bond donors (Lipinski definition) is 1. The van der Waals surface area contributed by atoms with E-state index in [1.54, 1.807) is 16.7 Å². The van der Waals surface area contributed by atoms with Crippen molar-refractivity contribution in [1.29, 1.82) is 0 Å². The molecule has 1 aromatic heterocycles. The summed E-state index contributed by atoms with van der Waals surface area (Å²) in [6.07, 6.45) is 2.82. The molecule has 0 aliphatic heterocycles. The maximum Gasteiger partial charge on any atom is 0.303 e. The number of nitrogens with zero attached hydrogens (tertiary/aromatic N) is 2. The molecule has 3 rings (SSSR count). The molecule has 0 aliphatic rings. The fourth-order valence-electron chi connectivity index (χ4n) is 3.38. The minimum atomic E-state index is -3.55. The fourth-order valence-corrected chi connectivity index (χ4v) is 4.82. The summed E-state index contributed by atoms with van der Waals surface area (Å²) in [6.45, 7) is 4.27. The summed E-state index contributed by atoms with van der Waals surface area (Å²) in [5.41, 5.74) is 3.07. The summed E-state index contributed by atoms with van der Waals surface area (Å²) in [5, 5.41) is 8.74. The first-order valence-corrected chi connectivity index (χ1v) is 12.1. The molecule has 0 amide bonds. The van der Waals surface area contributed by atoms with Gasteiger partial charge in [0.15, 0.2) is 0 Å². The number of rotatable bonds is 11. The third-order valence-corrected chi connectivity index (χ3v) is 6.72. The Morgan fingerprint density at radius 3 is 2.52 bits per heavy atom. The number of benzene rings is 2. The van der Waals surface area contributed by atoms with Gasteiger partial charge in [-0.05, 0) is 56.9 Å². The van der Waals surface area contributed by atoms with Gasteiger partial charge in [-0.3, -0.25) is 9.36 Å². The van der Waals surface area contributed by atoms with Gasteiger partial charge in [0.05, 0.1) is 23.4 Å². The van der Waals surface area contributed by atoms with Crippen LogP contribution in [0.15, 0.2) is 47.6 Å². The summed E-state index contributed by atoms with van der Waals surface area (Å²) in [7, 11) is -3.55. The predicted molar refractivity (Wildman–Crippen MR) is 120 cm³/mol. The van der Waals surface area contributed by atoms with E-state index in [0.29, 0.717) is 36.2 Å². The molecule has 0 spiro atoms. The van der Waals surface area contributed by atoms with Crippen molar-refractivity contribution in [2.24, 2.45) is 0 Å². The highest BCUT2D eigenvalue weighted by Gasteiger charge is 2.24. The molecular formula is C23H28N2O5S. The number of carboxylic acids is 1. The molecule has 0 radical (unpaired) electrons. The van der Waals surface area contributed by atoms with Crippen molar-refractivity contribution in [2.75, 3.05) is 12.4 Å². The number of carboxylic acid groups (broad SMARTS) is 1. The Bertz CT molecular complexity index is 1150. The Labute approximate surface area is 182 Å². The van der Waals surface area contributed by atoms with E-state index in [4.69, 9.17) is 9.84 Å². The summed E-state index contributed by atoms with van der Waals surface area (Å²) in [6, 6.07) is 13.0. The summed E-state index contributed by atoms with van der Waals surface area (Å²) in [4.78, 5) is 15.0. The van der Waals surface area contributed by atoms with Crippen molar-refractivity contribution in [1.82, 2.24) is 9.55 Å². The van der Waals surface area contributed by atoms with Gasteiger partial charge < -0.3 is 9.84 Å². The molecule has 166 valence electrons. The van der Waals surface area contributed by atoms with Crippen LogP contribution in [-0.4, -0.2) is 41.4 Å². The lowest BCUT2D eigenvalue weighted by Gasteiger charge is -2.11. The maximum absolute atomic E-state index is 12.9. The molecule has 0 saturated carbocycles. The SMILES string of the molecule is CCCS(=O)(=O)c1nc2ccc(OCCCCCC(=O)O)cc2n1-c1ccc(C)cc1. The lowest BCUT2D eigenvalue weighted by atomic mass is 10.2. The molecule has 31 heavy (non-hydrogen) atoms.